The fraction of sp³-hybridized carbons (Fsp3) is 0.0625. The van der Waals surface area contributed by atoms with Crippen LogP contribution in [0.4, 0.5) is 0 Å². The summed E-state index contributed by atoms with van der Waals surface area (Å²) in [5, 5.41) is 10.2. The summed E-state index contributed by atoms with van der Waals surface area (Å²) in [5.41, 5.74) is 2.81. The highest BCUT2D eigenvalue weighted by Crippen LogP contribution is 2.37. The Morgan fingerprint density at radius 2 is 1.70 bits per heavy atom. The Morgan fingerprint density at radius 3 is 2.40 bits per heavy atom. The molecule has 3 nitrogen and oxygen atoms in total. The minimum Gasteiger partial charge on any atom is -0.480 e. The van der Waals surface area contributed by atoms with Crippen LogP contribution in [-0.4, -0.2) is 15.6 Å². The molecule has 4 heteroatoms. The highest BCUT2D eigenvalue weighted by Gasteiger charge is 2.17. The van der Waals surface area contributed by atoms with Gasteiger partial charge in [0, 0.05) is 5.39 Å². The smallest absolute Gasteiger partial charge is 0.323 e. The van der Waals surface area contributed by atoms with Crippen LogP contribution >= 0.6 is 15.9 Å². The quantitative estimate of drug-likeness (QED) is 0.784. The number of benzene rings is 2. The molecule has 0 unspecified atom stereocenters. The Balaban J connectivity index is 2.34. The molecule has 1 heterocycles. The Morgan fingerprint density at radius 1 is 1.05 bits per heavy atom. The number of carboxylic acids is 1. The van der Waals surface area contributed by atoms with Crippen LogP contribution in [0.3, 0.4) is 0 Å². The van der Waals surface area contributed by atoms with Gasteiger partial charge in [0.15, 0.2) is 0 Å². The first-order valence-electron chi connectivity index (χ1n) is 6.22. The standard InChI is InChI=1S/C16H12BrNO2/c17-15-12-8-4-5-9-13(12)18(10-14(19)20)16(15)11-6-2-1-3-7-11/h1-9H,10H2,(H,19,20). The van der Waals surface area contributed by atoms with Crippen molar-refractivity contribution in [2.75, 3.05) is 0 Å². The van der Waals surface area contributed by atoms with Crippen LogP contribution in [-0.2, 0) is 11.3 Å². The third kappa shape index (κ3) is 2.12. The van der Waals surface area contributed by atoms with Gasteiger partial charge in [0.1, 0.15) is 6.54 Å². The second-order valence-corrected chi connectivity index (χ2v) is 5.32. The Bertz CT molecular complexity index is 778. The van der Waals surface area contributed by atoms with E-state index in [1.54, 1.807) is 0 Å². The van der Waals surface area contributed by atoms with E-state index in [0.717, 1.165) is 26.6 Å². The molecular formula is C16H12BrNO2. The van der Waals surface area contributed by atoms with Gasteiger partial charge in [-0.15, -0.1) is 0 Å². The minimum atomic E-state index is -0.851. The summed E-state index contributed by atoms with van der Waals surface area (Å²) < 4.78 is 2.76. The van der Waals surface area contributed by atoms with E-state index in [4.69, 9.17) is 0 Å². The van der Waals surface area contributed by atoms with Crippen molar-refractivity contribution in [1.82, 2.24) is 4.57 Å². The SMILES string of the molecule is O=C(O)Cn1c(-c2ccccc2)c(Br)c2ccccc21. The Kier molecular flexibility index (Phi) is 3.32. The molecule has 0 atom stereocenters. The molecule has 1 N–H and O–H groups in total. The van der Waals surface area contributed by atoms with Gasteiger partial charge in [0.25, 0.3) is 0 Å². The second kappa shape index (κ2) is 5.13. The van der Waals surface area contributed by atoms with Gasteiger partial charge < -0.3 is 9.67 Å². The Hall–Kier alpha value is -2.07. The maximum absolute atomic E-state index is 11.2. The molecule has 1 aromatic heterocycles. The lowest BCUT2D eigenvalue weighted by Gasteiger charge is -2.08. The highest BCUT2D eigenvalue weighted by atomic mass is 79.9. The van der Waals surface area contributed by atoms with Gasteiger partial charge in [-0.3, -0.25) is 4.79 Å². The van der Waals surface area contributed by atoms with E-state index in [9.17, 15) is 9.90 Å². The largest absolute Gasteiger partial charge is 0.480 e. The van der Waals surface area contributed by atoms with E-state index in [-0.39, 0.29) is 6.54 Å². The van der Waals surface area contributed by atoms with Crippen LogP contribution in [0.15, 0.2) is 59.1 Å². The van der Waals surface area contributed by atoms with Gasteiger partial charge in [-0.25, -0.2) is 0 Å². The summed E-state index contributed by atoms with van der Waals surface area (Å²) in [4.78, 5) is 11.2. The predicted octanol–water partition coefficient (Wildman–Crippen LogP) is 4.16. The van der Waals surface area contributed by atoms with E-state index >= 15 is 0 Å². The molecule has 0 aliphatic heterocycles. The number of carboxylic acid groups (broad SMARTS) is 1. The monoisotopic (exact) mass is 329 g/mol. The molecule has 3 rings (SSSR count). The molecule has 0 saturated carbocycles. The molecule has 20 heavy (non-hydrogen) atoms. The number of carbonyl (C=O) groups is 1. The van der Waals surface area contributed by atoms with Crippen LogP contribution in [0.1, 0.15) is 0 Å². The van der Waals surface area contributed by atoms with Crippen molar-refractivity contribution in [2.24, 2.45) is 0 Å². The molecule has 0 aliphatic carbocycles. The number of hydrogen-bond acceptors (Lipinski definition) is 1. The predicted molar refractivity (Wildman–Crippen MR) is 82.7 cm³/mol. The summed E-state index contributed by atoms with van der Waals surface area (Å²) >= 11 is 3.62. The number of aromatic nitrogens is 1. The zero-order valence-electron chi connectivity index (χ0n) is 10.6. The molecule has 0 amide bonds. The molecule has 0 bridgehead atoms. The third-order valence-corrected chi connectivity index (χ3v) is 4.05. The third-order valence-electron chi connectivity index (χ3n) is 3.25. The van der Waals surface area contributed by atoms with Gasteiger partial charge in [0.2, 0.25) is 0 Å². The van der Waals surface area contributed by atoms with Crippen molar-refractivity contribution in [1.29, 1.82) is 0 Å². The first-order chi connectivity index (χ1) is 9.68. The van der Waals surface area contributed by atoms with Crippen molar-refractivity contribution in [3.63, 3.8) is 0 Å². The maximum Gasteiger partial charge on any atom is 0.323 e. The van der Waals surface area contributed by atoms with Crippen LogP contribution in [0.2, 0.25) is 0 Å². The van der Waals surface area contributed by atoms with Crippen LogP contribution in [0, 0.1) is 0 Å². The Labute approximate surface area is 124 Å². The van der Waals surface area contributed by atoms with Gasteiger partial charge in [-0.2, -0.15) is 0 Å². The lowest BCUT2D eigenvalue weighted by Crippen LogP contribution is -2.09. The lowest BCUT2D eigenvalue weighted by molar-refractivity contribution is -0.137. The molecule has 0 saturated heterocycles. The van der Waals surface area contributed by atoms with Gasteiger partial charge in [-0.1, -0.05) is 48.5 Å². The summed E-state index contributed by atoms with van der Waals surface area (Å²) in [6.07, 6.45) is 0. The van der Waals surface area contributed by atoms with Crippen LogP contribution in [0.5, 0.6) is 0 Å². The van der Waals surface area contributed by atoms with Crippen LogP contribution < -0.4 is 0 Å². The van der Waals surface area contributed by atoms with E-state index in [0.29, 0.717) is 0 Å². The van der Waals surface area contributed by atoms with E-state index in [2.05, 4.69) is 15.9 Å². The fourth-order valence-corrected chi connectivity index (χ4v) is 3.22. The van der Waals surface area contributed by atoms with Gasteiger partial charge in [-0.05, 0) is 27.6 Å². The molecule has 0 spiro atoms. The molecule has 0 radical (unpaired) electrons. The number of fused-ring (bicyclic) bond motifs is 1. The molecule has 0 fully saturated rings. The molecule has 100 valence electrons. The van der Waals surface area contributed by atoms with Crippen molar-refractivity contribution in [3.8, 4) is 11.3 Å². The summed E-state index contributed by atoms with van der Waals surface area (Å²) in [6, 6.07) is 17.6. The lowest BCUT2D eigenvalue weighted by atomic mass is 10.1. The summed E-state index contributed by atoms with van der Waals surface area (Å²) in [6.45, 7) is -0.0592. The highest BCUT2D eigenvalue weighted by molar-refractivity contribution is 9.10. The average molecular weight is 330 g/mol. The maximum atomic E-state index is 11.2. The zero-order chi connectivity index (χ0) is 14.1. The summed E-state index contributed by atoms with van der Waals surface area (Å²) in [7, 11) is 0. The van der Waals surface area contributed by atoms with E-state index in [1.165, 1.54) is 0 Å². The normalized spacial score (nSPS) is 10.8. The minimum absolute atomic E-state index is 0.0592. The molecule has 3 aromatic rings. The topological polar surface area (TPSA) is 42.2 Å². The van der Waals surface area contributed by atoms with Crippen molar-refractivity contribution in [3.05, 3.63) is 59.1 Å². The van der Waals surface area contributed by atoms with Gasteiger partial charge in [0.05, 0.1) is 15.7 Å². The second-order valence-electron chi connectivity index (χ2n) is 4.53. The number of aliphatic carboxylic acids is 1. The van der Waals surface area contributed by atoms with Gasteiger partial charge >= 0.3 is 5.97 Å². The van der Waals surface area contributed by atoms with Crippen LogP contribution in [0.25, 0.3) is 22.2 Å². The van der Waals surface area contributed by atoms with Crippen molar-refractivity contribution >= 4 is 32.8 Å². The number of nitrogens with zero attached hydrogens (tertiary/aromatic N) is 1. The zero-order valence-corrected chi connectivity index (χ0v) is 12.2. The molecule has 0 aliphatic rings. The number of hydrogen-bond donors (Lipinski definition) is 1. The molecular weight excluding hydrogens is 318 g/mol. The number of halogens is 1. The summed E-state index contributed by atoms with van der Waals surface area (Å²) in [5.74, 6) is -0.851. The first-order valence-corrected chi connectivity index (χ1v) is 7.01. The molecule has 2 aromatic carbocycles. The van der Waals surface area contributed by atoms with E-state index in [1.807, 2.05) is 59.2 Å². The first kappa shape index (κ1) is 12.9. The number of para-hydroxylation sites is 1. The average Bonchev–Trinajstić information content (AvgIpc) is 2.73. The van der Waals surface area contributed by atoms with E-state index < -0.39 is 5.97 Å². The fourth-order valence-electron chi connectivity index (χ4n) is 2.44. The van der Waals surface area contributed by atoms with Crippen molar-refractivity contribution < 1.29 is 9.90 Å². The number of rotatable bonds is 3. The van der Waals surface area contributed by atoms with Crippen molar-refractivity contribution in [2.45, 2.75) is 6.54 Å².